The standard InChI is InChI=1S/C18H18F3N3O4/c19-18(20,21)12-4-1-5-13(9-12)24-7-6-14(23-24)16(25)22-15(17(26)27)11-3-2-8-28-10-11/h1,4-7,9,11,15H,2-3,8,10H2,(H,22,25)(H,26,27). The molecule has 1 fully saturated rings. The van der Waals surface area contributed by atoms with Gasteiger partial charge in [-0.05, 0) is 37.1 Å². The molecule has 2 unspecified atom stereocenters. The molecule has 0 spiro atoms. The maximum Gasteiger partial charge on any atom is 0.416 e. The van der Waals surface area contributed by atoms with Gasteiger partial charge in [-0.2, -0.15) is 18.3 Å². The van der Waals surface area contributed by atoms with Crippen molar-refractivity contribution in [3.8, 4) is 5.69 Å². The largest absolute Gasteiger partial charge is 0.480 e. The third kappa shape index (κ3) is 4.50. The molecule has 2 heterocycles. The summed E-state index contributed by atoms with van der Waals surface area (Å²) >= 11 is 0. The van der Waals surface area contributed by atoms with E-state index in [0.717, 1.165) is 16.8 Å². The second-order valence-electron chi connectivity index (χ2n) is 6.46. The number of hydrogen-bond donors (Lipinski definition) is 2. The van der Waals surface area contributed by atoms with Crippen molar-refractivity contribution in [3.05, 3.63) is 47.8 Å². The summed E-state index contributed by atoms with van der Waals surface area (Å²) in [6.45, 7) is 0.786. The van der Waals surface area contributed by atoms with Gasteiger partial charge in [0.1, 0.15) is 6.04 Å². The van der Waals surface area contributed by atoms with Crippen LogP contribution in [0.3, 0.4) is 0 Å². The van der Waals surface area contributed by atoms with E-state index in [-0.39, 0.29) is 23.9 Å². The molecule has 1 aliphatic heterocycles. The number of rotatable bonds is 5. The Balaban J connectivity index is 1.76. The van der Waals surface area contributed by atoms with E-state index in [1.165, 1.54) is 24.4 Å². The van der Waals surface area contributed by atoms with E-state index in [1.54, 1.807) is 0 Å². The first kappa shape index (κ1) is 19.9. The van der Waals surface area contributed by atoms with Crippen LogP contribution in [0.25, 0.3) is 5.69 Å². The molecular formula is C18H18F3N3O4. The van der Waals surface area contributed by atoms with Gasteiger partial charge >= 0.3 is 12.1 Å². The molecule has 150 valence electrons. The summed E-state index contributed by atoms with van der Waals surface area (Å²) in [5, 5.41) is 15.8. The van der Waals surface area contributed by atoms with Crippen LogP contribution in [-0.2, 0) is 15.7 Å². The lowest BCUT2D eigenvalue weighted by Gasteiger charge is -2.27. The lowest BCUT2D eigenvalue weighted by Crippen LogP contribution is -2.48. The van der Waals surface area contributed by atoms with E-state index < -0.39 is 29.7 Å². The Morgan fingerprint density at radius 3 is 2.75 bits per heavy atom. The van der Waals surface area contributed by atoms with Crippen molar-refractivity contribution in [1.29, 1.82) is 0 Å². The van der Waals surface area contributed by atoms with Crippen molar-refractivity contribution in [2.75, 3.05) is 13.2 Å². The summed E-state index contributed by atoms with van der Waals surface area (Å²) in [6, 6.07) is 4.68. The van der Waals surface area contributed by atoms with Gasteiger partial charge in [0.25, 0.3) is 5.91 Å². The summed E-state index contributed by atoms with van der Waals surface area (Å²) in [4.78, 5) is 23.9. The Kier molecular flexibility index (Phi) is 5.68. The molecule has 2 N–H and O–H groups in total. The number of nitrogens with one attached hydrogen (secondary N) is 1. The number of halogens is 3. The molecule has 1 amide bonds. The van der Waals surface area contributed by atoms with Crippen LogP contribution in [0.4, 0.5) is 13.2 Å². The number of carboxylic acids is 1. The lowest BCUT2D eigenvalue weighted by atomic mass is 9.93. The van der Waals surface area contributed by atoms with Gasteiger partial charge in [-0.15, -0.1) is 0 Å². The van der Waals surface area contributed by atoms with Crippen LogP contribution >= 0.6 is 0 Å². The van der Waals surface area contributed by atoms with Crippen LogP contribution < -0.4 is 5.32 Å². The molecule has 1 aromatic heterocycles. The minimum absolute atomic E-state index is 0.0969. The second-order valence-corrected chi connectivity index (χ2v) is 6.46. The Labute approximate surface area is 158 Å². The number of hydrogen-bond acceptors (Lipinski definition) is 4. The average Bonchev–Trinajstić information content (AvgIpc) is 3.16. The SMILES string of the molecule is O=C(NC(C(=O)O)C1CCCOC1)c1ccn(-c2cccc(C(F)(F)F)c2)n1. The third-order valence-electron chi connectivity index (χ3n) is 4.48. The highest BCUT2D eigenvalue weighted by Crippen LogP contribution is 2.30. The van der Waals surface area contributed by atoms with Gasteiger partial charge in [-0.3, -0.25) is 4.79 Å². The predicted molar refractivity (Wildman–Crippen MR) is 91.0 cm³/mol. The van der Waals surface area contributed by atoms with Crippen molar-refractivity contribution in [1.82, 2.24) is 15.1 Å². The zero-order chi connectivity index (χ0) is 20.3. The van der Waals surface area contributed by atoms with Crippen molar-refractivity contribution in [2.24, 2.45) is 5.92 Å². The highest BCUT2D eigenvalue weighted by Gasteiger charge is 2.32. The number of alkyl halides is 3. The normalized spacial score (nSPS) is 18.5. The van der Waals surface area contributed by atoms with Crippen molar-refractivity contribution in [3.63, 3.8) is 0 Å². The minimum atomic E-state index is -4.50. The molecule has 7 nitrogen and oxygen atoms in total. The zero-order valence-electron chi connectivity index (χ0n) is 14.6. The molecule has 10 heteroatoms. The number of ether oxygens (including phenoxy) is 1. The van der Waals surface area contributed by atoms with Gasteiger partial charge in [0, 0.05) is 18.7 Å². The van der Waals surface area contributed by atoms with Crippen molar-refractivity contribution >= 4 is 11.9 Å². The van der Waals surface area contributed by atoms with E-state index in [0.29, 0.717) is 19.4 Å². The number of amides is 1. The van der Waals surface area contributed by atoms with Crippen molar-refractivity contribution < 1.29 is 32.6 Å². The molecule has 0 aliphatic carbocycles. The molecule has 0 bridgehead atoms. The van der Waals surface area contributed by atoms with Crippen LogP contribution in [0, 0.1) is 5.92 Å². The number of aromatic nitrogens is 2. The minimum Gasteiger partial charge on any atom is -0.480 e. The topological polar surface area (TPSA) is 93.5 Å². The average molecular weight is 397 g/mol. The summed E-state index contributed by atoms with van der Waals surface area (Å²) in [6.07, 6.45) is -1.85. The third-order valence-corrected chi connectivity index (χ3v) is 4.48. The lowest BCUT2D eigenvalue weighted by molar-refractivity contribution is -0.142. The first-order chi connectivity index (χ1) is 13.3. The first-order valence-corrected chi connectivity index (χ1v) is 8.60. The Bertz CT molecular complexity index is 860. The fourth-order valence-electron chi connectivity index (χ4n) is 3.04. The van der Waals surface area contributed by atoms with E-state index in [2.05, 4.69) is 10.4 Å². The summed E-state index contributed by atoms with van der Waals surface area (Å²) in [7, 11) is 0. The summed E-state index contributed by atoms with van der Waals surface area (Å²) < 4.78 is 45.0. The van der Waals surface area contributed by atoms with E-state index in [1.807, 2.05) is 0 Å². The molecule has 0 radical (unpaired) electrons. The number of carbonyl (C=O) groups is 2. The summed E-state index contributed by atoms with van der Waals surface area (Å²) in [5.74, 6) is -2.26. The van der Waals surface area contributed by atoms with Gasteiger partial charge < -0.3 is 15.2 Å². The predicted octanol–water partition coefficient (Wildman–Crippen LogP) is 2.50. The molecule has 2 aromatic rings. The second kappa shape index (κ2) is 8.01. The van der Waals surface area contributed by atoms with Gasteiger partial charge in [0.2, 0.25) is 0 Å². The Morgan fingerprint density at radius 1 is 1.32 bits per heavy atom. The molecule has 2 atom stereocenters. The smallest absolute Gasteiger partial charge is 0.416 e. The summed E-state index contributed by atoms with van der Waals surface area (Å²) in [5.41, 5.74) is -0.806. The molecule has 1 aliphatic rings. The van der Waals surface area contributed by atoms with Crippen LogP contribution in [0.2, 0.25) is 0 Å². The van der Waals surface area contributed by atoms with Gasteiger partial charge in [0.05, 0.1) is 17.9 Å². The molecule has 0 saturated carbocycles. The number of carbonyl (C=O) groups excluding carboxylic acids is 1. The molecule has 1 saturated heterocycles. The number of benzene rings is 1. The van der Waals surface area contributed by atoms with Crippen LogP contribution in [0.15, 0.2) is 36.5 Å². The number of carboxylic acid groups (broad SMARTS) is 1. The van der Waals surface area contributed by atoms with E-state index in [4.69, 9.17) is 4.74 Å². The van der Waals surface area contributed by atoms with Gasteiger partial charge in [-0.25, -0.2) is 9.48 Å². The number of nitrogens with zero attached hydrogens (tertiary/aromatic N) is 2. The molecule has 28 heavy (non-hydrogen) atoms. The van der Waals surface area contributed by atoms with Gasteiger partial charge in [-0.1, -0.05) is 6.07 Å². The van der Waals surface area contributed by atoms with Crippen molar-refractivity contribution in [2.45, 2.75) is 25.1 Å². The van der Waals surface area contributed by atoms with Crippen LogP contribution in [0.1, 0.15) is 28.9 Å². The zero-order valence-corrected chi connectivity index (χ0v) is 14.6. The fourth-order valence-corrected chi connectivity index (χ4v) is 3.04. The number of aliphatic carboxylic acids is 1. The molecule has 3 rings (SSSR count). The highest BCUT2D eigenvalue weighted by atomic mass is 19.4. The molecular weight excluding hydrogens is 379 g/mol. The van der Waals surface area contributed by atoms with Crippen LogP contribution in [-0.4, -0.2) is 46.0 Å². The van der Waals surface area contributed by atoms with Crippen LogP contribution in [0.5, 0.6) is 0 Å². The Hall–Kier alpha value is -2.88. The van der Waals surface area contributed by atoms with E-state index >= 15 is 0 Å². The maximum absolute atomic E-state index is 12.9. The monoisotopic (exact) mass is 397 g/mol. The van der Waals surface area contributed by atoms with E-state index in [9.17, 15) is 27.9 Å². The Morgan fingerprint density at radius 2 is 2.11 bits per heavy atom. The van der Waals surface area contributed by atoms with Gasteiger partial charge in [0.15, 0.2) is 5.69 Å². The molecule has 1 aromatic carbocycles. The maximum atomic E-state index is 12.9. The highest BCUT2D eigenvalue weighted by molar-refractivity contribution is 5.95. The fraction of sp³-hybridized carbons (Fsp3) is 0.389. The quantitative estimate of drug-likeness (QED) is 0.809. The first-order valence-electron chi connectivity index (χ1n) is 8.60.